The molecule has 0 saturated carbocycles. The molecule has 6 heteroatoms. The van der Waals surface area contributed by atoms with Crippen LogP contribution in [-0.4, -0.2) is 21.8 Å². The van der Waals surface area contributed by atoms with Crippen LogP contribution in [0.4, 0.5) is 0 Å². The molecule has 18 heavy (non-hydrogen) atoms. The average molecular weight is 254 g/mol. The van der Waals surface area contributed by atoms with E-state index in [1.165, 1.54) is 0 Å². The van der Waals surface area contributed by atoms with E-state index in [9.17, 15) is 10.2 Å². The zero-order valence-corrected chi connectivity index (χ0v) is 10.5. The molecule has 1 aromatic rings. The molecular weight excluding hydrogens is 240 g/mol. The largest absolute Gasteiger partial charge is 0.501 e. The maximum Gasteiger partial charge on any atom is 0.246 e. The molecule has 6 nitrogen and oxygen atoms in total. The molecule has 0 aromatic heterocycles. The second-order valence-electron chi connectivity index (χ2n) is 5.22. The molecule has 1 aromatic carbocycles. The molecule has 0 aliphatic carbocycles. The number of benzene rings is 1. The lowest BCUT2D eigenvalue weighted by atomic mass is 10.2. The highest BCUT2D eigenvalue weighted by Crippen LogP contribution is 2.63. The molecule has 0 fully saturated rings. The molecule has 0 saturated heterocycles. The van der Waals surface area contributed by atoms with Gasteiger partial charge in [0.2, 0.25) is 46.1 Å². The van der Waals surface area contributed by atoms with Crippen LogP contribution in [-0.2, 0) is 0 Å². The van der Waals surface area contributed by atoms with Crippen LogP contribution in [0.5, 0.6) is 34.5 Å². The van der Waals surface area contributed by atoms with Crippen LogP contribution in [0.25, 0.3) is 0 Å². The van der Waals surface area contributed by atoms with Gasteiger partial charge in [-0.1, -0.05) is 0 Å². The Hall–Kier alpha value is -1.98. The van der Waals surface area contributed by atoms with Gasteiger partial charge in [0.05, 0.1) is 0 Å². The van der Waals surface area contributed by atoms with Crippen LogP contribution in [0.15, 0.2) is 0 Å². The molecule has 3 rings (SSSR count). The van der Waals surface area contributed by atoms with Crippen molar-refractivity contribution in [3.05, 3.63) is 0 Å². The lowest BCUT2D eigenvalue weighted by Crippen LogP contribution is -2.30. The monoisotopic (exact) mass is 254 g/mol. The van der Waals surface area contributed by atoms with Gasteiger partial charge in [-0.2, -0.15) is 0 Å². The number of ether oxygens (including phenoxy) is 4. The van der Waals surface area contributed by atoms with E-state index in [4.69, 9.17) is 18.9 Å². The van der Waals surface area contributed by atoms with Gasteiger partial charge in [0.15, 0.2) is 0 Å². The summed E-state index contributed by atoms with van der Waals surface area (Å²) in [5.41, 5.74) is 0. The minimum atomic E-state index is -0.956. The van der Waals surface area contributed by atoms with Crippen LogP contribution in [0.1, 0.15) is 27.7 Å². The van der Waals surface area contributed by atoms with Crippen molar-refractivity contribution in [2.75, 3.05) is 0 Å². The Bertz CT molecular complexity index is 456. The number of rotatable bonds is 0. The number of fused-ring (bicyclic) bond motifs is 2. The highest BCUT2D eigenvalue weighted by Gasteiger charge is 2.45. The Morgan fingerprint density at radius 2 is 0.833 bits per heavy atom. The first-order valence-electron chi connectivity index (χ1n) is 5.58. The summed E-state index contributed by atoms with van der Waals surface area (Å²) in [5, 5.41) is 20.2. The van der Waals surface area contributed by atoms with Gasteiger partial charge in [-0.25, -0.2) is 0 Å². The van der Waals surface area contributed by atoms with Crippen molar-refractivity contribution in [2.24, 2.45) is 0 Å². The van der Waals surface area contributed by atoms with E-state index in [0.717, 1.165) is 0 Å². The Morgan fingerprint density at radius 1 is 0.611 bits per heavy atom. The minimum Gasteiger partial charge on any atom is -0.501 e. The maximum atomic E-state index is 10.1. The standard InChI is InChI=1S/C12H14O6/c1-11(2)15-7-5(13)9-10(6(14)8(7)16-11)18-12(3,4)17-9/h13-14H,1-4H3. The van der Waals surface area contributed by atoms with Gasteiger partial charge in [0.1, 0.15) is 0 Å². The molecule has 2 heterocycles. The maximum absolute atomic E-state index is 10.1. The van der Waals surface area contributed by atoms with E-state index in [1.54, 1.807) is 27.7 Å². The summed E-state index contributed by atoms with van der Waals surface area (Å²) in [6.45, 7) is 6.68. The van der Waals surface area contributed by atoms with Gasteiger partial charge in [-0.05, 0) is 0 Å². The van der Waals surface area contributed by atoms with Crippen molar-refractivity contribution in [2.45, 2.75) is 39.3 Å². The molecular formula is C12H14O6. The third-order valence-electron chi connectivity index (χ3n) is 2.66. The van der Waals surface area contributed by atoms with Crippen molar-refractivity contribution in [3.63, 3.8) is 0 Å². The van der Waals surface area contributed by atoms with Crippen LogP contribution in [0.2, 0.25) is 0 Å². The van der Waals surface area contributed by atoms with E-state index < -0.39 is 11.6 Å². The molecule has 2 aliphatic heterocycles. The lowest BCUT2D eigenvalue weighted by Gasteiger charge is -2.17. The number of aromatic hydroxyl groups is 2. The predicted octanol–water partition coefficient (Wildman–Crippen LogP) is 2.11. The van der Waals surface area contributed by atoms with E-state index in [2.05, 4.69) is 0 Å². The van der Waals surface area contributed by atoms with Gasteiger partial charge in [0.25, 0.3) is 0 Å². The first kappa shape index (κ1) is 11.1. The summed E-state index contributed by atoms with van der Waals surface area (Å²) >= 11 is 0. The van der Waals surface area contributed by atoms with Crippen molar-refractivity contribution < 1.29 is 29.2 Å². The van der Waals surface area contributed by atoms with Crippen molar-refractivity contribution >= 4 is 0 Å². The van der Waals surface area contributed by atoms with Crippen LogP contribution >= 0.6 is 0 Å². The number of phenols is 2. The Kier molecular flexibility index (Phi) is 1.78. The molecule has 98 valence electrons. The number of hydrogen-bond acceptors (Lipinski definition) is 6. The first-order valence-corrected chi connectivity index (χ1v) is 5.58. The van der Waals surface area contributed by atoms with Crippen LogP contribution in [0, 0.1) is 0 Å². The Labute approximate surface area is 104 Å². The van der Waals surface area contributed by atoms with Crippen molar-refractivity contribution in [1.29, 1.82) is 0 Å². The van der Waals surface area contributed by atoms with E-state index >= 15 is 0 Å². The van der Waals surface area contributed by atoms with Gasteiger partial charge in [-0.3, -0.25) is 0 Å². The fourth-order valence-corrected chi connectivity index (χ4v) is 2.04. The molecule has 2 N–H and O–H groups in total. The highest BCUT2D eigenvalue weighted by molar-refractivity contribution is 5.74. The van der Waals surface area contributed by atoms with Crippen LogP contribution in [0.3, 0.4) is 0 Å². The normalized spacial score (nSPS) is 21.1. The molecule has 0 radical (unpaired) electrons. The summed E-state index contributed by atoms with van der Waals surface area (Å²) in [6, 6.07) is 0. The van der Waals surface area contributed by atoms with Crippen molar-refractivity contribution in [3.8, 4) is 34.5 Å². The van der Waals surface area contributed by atoms with E-state index in [-0.39, 0.29) is 34.5 Å². The molecule has 0 atom stereocenters. The van der Waals surface area contributed by atoms with E-state index in [0.29, 0.717) is 0 Å². The second kappa shape index (κ2) is 2.88. The molecule has 0 amide bonds. The Balaban J connectivity index is 2.20. The predicted molar refractivity (Wildman–Crippen MR) is 60.4 cm³/mol. The number of phenolic OH excluding ortho intramolecular Hbond substituents is 2. The third kappa shape index (κ3) is 1.35. The fraction of sp³-hybridized carbons (Fsp3) is 0.500. The molecule has 0 unspecified atom stereocenters. The fourth-order valence-electron chi connectivity index (χ4n) is 2.04. The number of hydrogen-bond donors (Lipinski definition) is 2. The van der Waals surface area contributed by atoms with Gasteiger partial charge in [-0.15, -0.1) is 0 Å². The smallest absolute Gasteiger partial charge is 0.246 e. The summed E-state index contributed by atoms with van der Waals surface area (Å²) in [7, 11) is 0. The average Bonchev–Trinajstić information content (AvgIpc) is 2.72. The quantitative estimate of drug-likeness (QED) is 0.690. The third-order valence-corrected chi connectivity index (χ3v) is 2.66. The van der Waals surface area contributed by atoms with Gasteiger partial charge >= 0.3 is 0 Å². The van der Waals surface area contributed by atoms with Gasteiger partial charge < -0.3 is 29.2 Å². The van der Waals surface area contributed by atoms with Gasteiger partial charge in [0, 0.05) is 27.7 Å². The summed E-state index contributed by atoms with van der Waals surface area (Å²) in [5.74, 6) is -2.10. The molecule has 0 bridgehead atoms. The second-order valence-corrected chi connectivity index (χ2v) is 5.22. The Morgan fingerprint density at radius 3 is 1.06 bits per heavy atom. The summed E-state index contributed by atoms with van der Waals surface area (Å²) in [6.07, 6.45) is 0. The zero-order valence-electron chi connectivity index (χ0n) is 10.5. The first-order chi connectivity index (χ1) is 8.20. The van der Waals surface area contributed by atoms with E-state index in [1.807, 2.05) is 0 Å². The summed E-state index contributed by atoms with van der Waals surface area (Å²) < 4.78 is 21.7. The molecule has 2 aliphatic rings. The highest BCUT2D eigenvalue weighted by atomic mass is 16.8. The zero-order chi connectivity index (χ0) is 13.3. The SMILES string of the molecule is CC1(C)Oc2c(O)c3c(c(O)c2O1)OC(C)(C)O3. The van der Waals surface area contributed by atoms with Crippen LogP contribution < -0.4 is 18.9 Å². The minimum absolute atomic E-state index is 0.0672. The van der Waals surface area contributed by atoms with Crippen molar-refractivity contribution in [1.82, 2.24) is 0 Å². The lowest BCUT2D eigenvalue weighted by molar-refractivity contribution is -0.0512. The summed E-state index contributed by atoms with van der Waals surface area (Å²) in [4.78, 5) is 0. The topological polar surface area (TPSA) is 77.4 Å². The molecule has 0 spiro atoms.